The van der Waals surface area contributed by atoms with Gasteiger partial charge in [-0.25, -0.2) is 0 Å². The highest BCUT2D eigenvalue weighted by atomic mass is 16.6. The molecule has 1 fully saturated rings. The lowest BCUT2D eigenvalue weighted by molar-refractivity contribution is -0.158. The van der Waals surface area contributed by atoms with Crippen LogP contribution in [0.15, 0.2) is 0 Å². The minimum Gasteiger partial charge on any atom is -0.462 e. The van der Waals surface area contributed by atoms with Gasteiger partial charge in [0, 0.05) is 12.8 Å². The average Bonchev–Trinajstić information content (AvgIpc) is 2.78. The number of hydrogen-bond donors (Lipinski definition) is 0. The summed E-state index contributed by atoms with van der Waals surface area (Å²) in [6.07, 6.45) is 24.2. The fraction of sp³-hybridized carbons (Fsp3) is 0.929. The summed E-state index contributed by atoms with van der Waals surface area (Å²) in [5, 5.41) is 0. The van der Waals surface area contributed by atoms with Gasteiger partial charge in [0.2, 0.25) is 0 Å². The van der Waals surface area contributed by atoms with Crippen molar-refractivity contribution in [3.63, 3.8) is 0 Å². The largest absolute Gasteiger partial charge is 0.462 e. The maximum absolute atomic E-state index is 12.1. The van der Waals surface area contributed by atoms with Gasteiger partial charge in [-0.05, 0) is 38.5 Å². The molecule has 1 saturated carbocycles. The molecule has 1 rings (SSSR count). The van der Waals surface area contributed by atoms with E-state index in [4.69, 9.17) is 9.47 Å². The van der Waals surface area contributed by atoms with Gasteiger partial charge in [-0.2, -0.15) is 0 Å². The highest BCUT2D eigenvalue weighted by molar-refractivity contribution is 5.70. The van der Waals surface area contributed by atoms with Crippen molar-refractivity contribution in [1.82, 2.24) is 0 Å². The molecule has 1 aliphatic rings. The molecule has 0 saturated heterocycles. The number of carbonyl (C=O) groups is 2. The number of rotatable bonds is 20. The Labute approximate surface area is 198 Å². The van der Waals surface area contributed by atoms with Crippen molar-refractivity contribution >= 4 is 11.9 Å². The van der Waals surface area contributed by atoms with Crippen molar-refractivity contribution in [1.29, 1.82) is 0 Å². The van der Waals surface area contributed by atoms with Crippen LogP contribution < -0.4 is 0 Å². The molecule has 188 valence electrons. The van der Waals surface area contributed by atoms with Crippen LogP contribution in [0.2, 0.25) is 0 Å². The standard InChI is InChI=1S/C28H52O4/c1-3-5-7-9-11-13-15-17-19-27(29)31-25-21-23-26(24-22-25)32-28(30)20-18-16-14-12-10-8-6-4-2/h25-26H,3-24H2,1-2H3. The third-order valence-electron chi connectivity index (χ3n) is 6.69. The predicted octanol–water partition coefficient (Wildman–Crippen LogP) is 8.45. The Balaban J connectivity index is 1.96. The van der Waals surface area contributed by atoms with Crippen LogP contribution in [-0.2, 0) is 19.1 Å². The minimum absolute atomic E-state index is 0.0132. The molecule has 0 aromatic rings. The smallest absolute Gasteiger partial charge is 0.306 e. The molecular formula is C28H52O4. The van der Waals surface area contributed by atoms with E-state index in [1.807, 2.05) is 0 Å². The van der Waals surface area contributed by atoms with Crippen molar-refractivity contribution < 1.29 is 19.1 Å². The van der Waals surface area contributed by atoms with Crippen LogP contribution in [0.25, 0.3) is 0 Å². The number of unbranched alkanes of at least 4 members (excludes halogenated alkanes) is 14. The highest BCUT2D eigenvalue weighted by Crippen LogP contribution is 2.25. The second kappa shape index (κ2) is 20.5. The van der Waals surface area contributed by atoms with Crippen molar-refractivity contribution in [2.75, 3.05) is 0 Å². The zero-order chi connectivity index (χ0) is 23.3. The molecule has 0 amide bonds. The molecule has 0 radical (unpaired) electrons. The van der Waals surface area contributed by atoms with Gasteiger partial charge in [-0.3, -0.25) is 9.59 Å². The lowest BCUT2D eigenvalue weighted by Gasteiger charge is -2.28. The normalized spacial score (nSPS) is 18.4. The predicted molar refractivity (Wildman–Crippen MR) is 133 cm³/mol. The van der Waals surface area contributed by atoms with Gasteiger partial charge in [0.25, 0.3) is 0 Å². The Morgan fingerprint density at radius 1 is 0.500 bits per heavy atom. The van der Waals surface area contributed by atoms with Crippen LogP contribution in [0, 0.1) is 0 Å². The molecule has 0 bridgehead atoms. The van der Waals surface area contributed by atoms with E-state index in [9.17, 15) is 9.59 Å². The van der Waals surface area contributed by atoms with E-state index in [2.05, 4.69) is 13.8 Å². The van der Waals surface area contributed by atoms with E-state index in [0.717, 1.165) is 51.4 Å². The summed E-state index contributed by atoms with van der Waals surface area (Å²) < 4.78 is 11.3. The molecule has 32 heavy (non-hydrogen) atoms. The van der Waals surface area contributed by atoms with Gasteiger partial charge in [0.1, 0.15) is 12.2 Å². The molecule has 0 heterocycles. The molecule has 0 spiro atoms. The van der Waals surface area contributed by atoms with Gasteiger partial charge >= 0.3 is 11.9 Å². The van der Waals surface area contributed by atoms with Crippen LogP contribution in [0.5, 0.6) is 0 Å². The number of esters is 2. The SMILES string of the molecule is CCCCCCCCCCC(=O)OC1CCC(OC(=O)CCCCCCCCCC)CC1. The average molecular weight is 453 g/mol. The first-order chi connectivity index (χ1) is 15.7. The van der Waals surface area contributed by atoms with Gasteiger partial charge in [0.15, 0.2) is 0 Å². The number of ether oxygens (including phenoxy) is 2. The van der Waals surface area contributed by atoms with E-state index in [1.54, 1.807) is 0 Å². The van der Waals surface area contributed by atoms with Gasteiger partial charge < -0.3 is 9.47 Å². The second-order valence-corrected chi connectivity index (χ2v) is 9.83. The third kappa shape index (κ3) is 16.6. The first-order valence-electron chi connectivity index (χ1n) is 14.0. The summed E-state index contributed by atoms with van der Waals surface area (Å²) in [5.41, 5.74) is 0. The van der Waals surface area contributed by atoms with Gasteiger partial charge in [-0.1, -0.05) is 104 Å². The van der Waals surface area contributed by atoms with Crippen LogP contribution in [0.1, 0.15) is 155 Å². The minimum atomic E-state index is -0.0499. The molecule has 0 aromatic heterocycles. The van der Waals surface area contributed by atoms with Crippen LogP contribution >= 0.6 is 0 Å². The van der Waals surface area contributed by atoms with E-state index < -0.39 is 0 Å². The van der Waals surface area contributed by atoms with Crippen molar-refractivity contribution in [2.24, 2.45) is 0 Å². The Morgan fingerprint density at radius 2 is 0.781 bits per heavy atom. The summed E-state index contributed by atoms with van der Waals surface area (Å²) in [6, 6.07) is 0. The van der Waals surface area contributed by atoms with Gasteiger partial charge in [0.05, 0.1) is 0 Å². The summed E-state index contributed by atoms with van der Waals surface area (Å²) in [7, 11) is 0. The molecule has 0 N–H and O–H groups in total. The maximum Gasteiger partial charge on any atom is 0.306 e. The Kier molecular flexibility index (Phi) is 18.6. The lowest BCUT2D eigenvalue weighted by atomic mass is 9.95. The monoisotopic (exact) mass is 452 g/mol. The molecular weight excluding hydrogens is 400 g/mol. The molecule has 1 aliphatic carbocycles. The van der Waals surface area contributed by atoms with Crippen LogP contribution in [0.4, 0.5) is 0 Å². The van der Waals surface area contributed by atoms with Crippen LogP contribution in [0.3, 0.4) is 0 Å². The fourth-order valence-electron chi connectivity index (χ4n) is 4.56. The Bertz CT molecular complexity index is 412. The quantitative estimate of drug-likeness (QED) is 0.137. The van der Waals surface area contributed by atoms with Gasteiger partial charge in [-0.15, -0.1) is 0 Å². The van der Waals surface area contributed by atoms with Crippen molar-refractivity contribution in [3.05, 3.63) is 0 Å². The third-order valence-corrected chi connectivity index (χ3v) is 6.69. The summed E-state index contributed by atoms with van der Waals surface area (Å²) in [5.74, 6) is -0.0998. The molecule has 0 aliphatic heterocycles. The van der Waals surface area contributed by atoms with Crippen LogP contribution in [-0.4, -0.2) is 24.1 Å². The molecule has 4 heteroatoms. The fourth-order valence-corrected chi connectivity index (χ4v) is 4.56. The molecule has 4 nitrogen and oxygen atoms in total. The summed E-state index contributed by atoms with van der Waals surface area (Å²) >= 11 is 0. The zero-order valence-electron chi connectivity index (χ0n) is 21.3. The first kappa shape index (κ1) is 29.0. The van der Waals surface area contributed by atoms with Crippen molar-refractivity contribution in [2.45, 2.75) is 167 Å². The molecule has 0 atom stereocenters. The first-order valence-corrected chi connectivity index (χ1v) is 14.0. The van der Waals surface area contributed by atoms with E-state index in [-0.39, 0.29) is 24.1 Å². The topological polar surface area (TPSA) is 52.6 Å². The summed E-state index contributed by atoms with van der Waals surface area (Å²) in [4.78, 5) is 24.2. The highest BCUT2D eigenvalue weighted by Gasteiger charge is 2.26. The Morgan fingerprint density at radius 3 is 1.09 bits per heavy atom. The van der Waals surface area contributed by atoms with E-state index in [1.165, 1.54) is 77.0 Å². The number of hydrogen-bond acceptors (Lipinski definition) is 4. The Hall–Kier alpha value is -1.06. The van der Waals surface area contributed by atoms with E-state index >= 15 is 0 Å². The molecule has 0 aromatic carbocycles. The summed E-state index contributed by atoms with van der Waals surface area (Å²) in [6.45, 7) is 4.48. The number of carbonyl (C=O) groups excluding carboxylic acids is 2. The zero-order valence-corrected chi connectivity index (χ0v) is 21.3. The maximum atomic E-state index is 12.1. The molecule has 0 unspecified atom stereocenters. The van der Waals surface area contributed by atoms with Crippen molar-refractivity contribution in [3.8, 4) is 0 Å². The van der Waals surface area contributed by atoms with E-state index in [0.29, 0.717) is 12.8 Å². The lowest BCUT2D eigenvalue weighted by Crippen LogP contribution is -2.29. The second-order valence-electron chi connectivity index (χ2n) is 9.83.